The second-order valence-electron chi connectivity index (χ2n) is 8.10. The van der Waals surface area contributed by atoms with Crippen LogP contribution in [0.2, 0.25) is 0 Å². The second-order valence-corrected chi connectivity index (χ2v) is 8.10. The van der Waals surface area contributed by atoms with Gasteiger partial charge in [-0.1, -0.05) is 25.1 Å². The van der Waals surface area contributed by atoms with Crippen molar-refractivity contribution in [3.63, 3.8) is 0 Å². The molecule has 0 radical (unpaired) electrons. The predicted molar refractivity (Wildman–Crippen MR) is 124 cm³/mol. The largest absolute Gasteiger partial charge is 0.497 e. The van der Waals surface area contributed by atoms with Crippen LogP contribution in [0.4, 0.5) is 11.8 Å². The van der Waals surface area contributed by atoms with Gasteiger partial charge >= 0.3 is 0 Å². The molecule has 4 aromatic rings. The Morgan fingerprint density at radius 2 is 1.68 bits per heavy atom. The Morgan fingerprint density at radius 3 is 2.35 bits per heavy atom. The van der Waals surface area contributed by atoms with Crippen LogP contribution in [0.15, 0.2) is 54.6 Å². The number of para-hydroxylation sites is 1. The summed E-state index contributed by atoms with van der Waals surface area (Å²) in [7, 11) is 1.66. The molecular formula is C24H26N6O. The molecule has 0 amide bonds. The first-order valence-electron chi connectivity index (χ1n) is 10.6. The fourth-order valence-corrected chi connectivity index (χ4v) is 4.07. The number of methoxy groups -OCH3 is 1. The SMILES string of the molecule is COc1ccc(-c2nc(N3CCC(C)CC3)nc3nn(-c4ccccc4)c(N)c23)cc1. The molecule has 1 aliphatic heterocycles. The fraction of sp³-hybridized carbons (Fsp3) is 0.292. The summed E-state index contributed by atoms with van der Waals surface area (Å²) in [5.74, 6) is 2.77. The Morgan fingerprint density at radius 1 is 0.968 bits per heavy atom. The number of nitrogens with zero attached hydrogens (tertiary/aromatic N) is 5. The summed E-state index contributed by atoms with van der Waals surface area (Å²) >= 11 is 0. The van der Waals surface area contributed by atoms with Crippen molar-refractivity contribution in [3.8, 4) is 22.7 Å². The summed E-state index contributed by atoms with van der Waals surface area (Å²) in [6, 6.07) is 17.7. The lowest BCUT2D eigenvalue weighted by molar-refractivity contribution is 0.415. The maximum absolute atomic E-state index is 6.59. The van der Waals surface area contributed by atoms with E-state index in [-0.39, 0.29) is 0 Å². The van der Waals surface area contributed by atoms with Crippen LogP contribution in [0.5, 0.6) is 5.75 Å². The van der Waals surface area contributed by atoms with Crippen LogP contribution in [0.3, 0.4) is 0 Å². The standard InChI is InChI=1S/C24H26N6O/c1-16-12-14-29(15-13-16)24-26-21(17-8-10-19(31-2)11-9-17)20-22(25)30(28-23(20)27-24)18-6-4-3-5-7-18/h3-11,16H,12-15,25H2,1-2H3. The zero-order valence-electron chi connectivity index (χ0n) is 17.8. The number of anilines is 2. The Balaban J connectivity index is 1.70. The van der Waals surface area contributed by atoms with Crippen molar-refractivity contribution in [2.75, 3.05) is 30.8 Å². The quantitative estimate of drug-likeness (QED) is 0.536. The zero-order chi connectivity index (χ0) is 21.4. The van der Waals surface area contributed by atoms with E-state index in [1.54, 1.807) is 11.8 Å². The van der Waals surface area contributed by atoms with Gasteiger partial charge in [0.15, 0.2) is 5.65 Å². The highest BCUT2D eigenvalue weighted by Gasteiger charge is 2.23. The predicted octanol–water partition coefficient (Wildman–Crippen LogP) is 4.31. The maximum atomic E-state index is 6.59. The molecule has 7 heteroatoms. The monoisotopic (exact) mass is 414 g/mol. The molecule has 0 spiro atoms. The van der Waals surface area contributed by atoms with Gasteiger partial charge in [0, 0.05) is 18.7 Å². The molecule has 1 aliphatic rings. The van der Waals surface area contributed by atoms with Crippen molar-refractivity contribution >= 4 is 22.8 Å². The van der Waals surface area contributed by atoms with Crippen molar-refractivity contribution < 1.29 is 4.74 Å². The number of ether oxygens (including phenoxy) is 1. The van der Waals surface area contributed by atoms with Crippen molar-refractivity contribution in [3.05, 3.63) is 54.6 Å². The Bertz CT molecular complexity index is 1190. The van der Waals surface area contributed by atoms with E-state index in [0.29, 0.717) is 17.4 Å². The molecule has 3 heterocycles. The van der Waals surface area contributed by atoms with Crippen molar-refractivity contribution in [2.24, 2.45) is 5.92 Å². The van der Waals surface area contributed by atoms with E-state index in [4.69, 9.17) is 25.5 Å². The number of benzene rings is 2. The van der Waals surface area contributed by atoms with Gasteiger partial charge < -0.3 is 15.4 Å². The summed E-state index contributed by atoms with van der Waals surface area (Å²) in [6.07, 6.45) is 2.28. The molecule has 7 nitrogen and oxygen atoms in total. The Kier molecular flexibility index (Phi) is 4.94. The highest BCUT2D eigenvalue weighted by Crippen LogP contribution is 2.34. The third kappa shape index (κ3) is 3.56. The molecule has 158 valence electrons. The molecule has 2 aromatic heterocycles. The molecule has 2 N–H and O–H groups in total. The van der Waals surface area contributed by atoms with Gasteiger partial charge in [0.2, 0.25) is 5.95 Å². The average Bonchev–Trinajstić information content (AvgIpc) is 3.16. The van der Waals surface area contributed by atoms with E-state index in [0.717, 1.165) is 59.9 Å². The minimum absolute atomic E-state index is 0.533. The first-order chi connectivity index (χ1) is 15.1. The second kappa shape index (κ2) is 7.91. The minimum Gasteiger partial charge on any atom is -0.497 e. The van der Waals surface area contributed by atoms with Crippen LogP contribution in [0.25, 0.3) is 28.0 Å². The number of rotatable bonds is 4. The number of aromatic nitrogens is 4. The molecule has 0 aliphatic carbocycles. The molecule has 0 bridgehead atoms. The van der Waals surface area contributed by atoms with Crippen LogP contribution in [-0.4, -0.2) is 39.9 Å². The van der Waals surface area contributed by atoms with Gasteiger partial charge in [-0.2, -0.15) is 4.98 Å². The molecular weight excluding hydrogens is 388 g/mol. The lowest BCUT2D eigenvalue weighted by Gasteiger charge is -2.30. The van der Waals surface area contributed by atoms with Gasteiger partial charge in [-0.3, -0.25) is 0 Å². The van der Waals surface area contributed by atoms with Crippen LogP contribution < -0.4 is 15.4 Å². The van der Waals surface area contributed by atoms with Crippen LogP contribution >= 0.6 is 0 Å². The summed E-state index contributed by atoms with van der Waals surface area (Å²) in [4.78, 5) is 12.1. The molecule has 31 heavy (non-hydrogen) atoms. The van der Waals surface area contributed by atoms with Crippen LogP contribution in [0, 0.1) is 5.92 Å². The zero-order valence-corrected chi connectivity index (χ0v) is 17.8. The molecule has 2 aromatic carbocycles. The summed E-state index contributed by atoms with van der Waals surface area (Å²) in [5.41, 5.74) is 9.85. The van der Waals surface area contributed by atoms with Crippen LogP contribution in [0.1, 0.15) is 19.8 Å². The van der Waals surface area contributed by atoms with Gasteiger partial charge in [0.1, 0.15) is 11.6 Å². The van der Waals surface area contributed by atoms with E-state index < -0.39 is 0 Å². The number of nitrogen functional groups attached to an aromatic ring is 1. The van der Waals surface area contributed by atoms with Gasteiger partial charge in [-0.25, -0.2) is 9.67 Å². The first kappa shape index (κ1) is 19.4. The molecule has 0 saturated carbocycles. The number of nitrogens with two attached hydrogens (primary N) is 1. The normalized spacial score (nSPS) is 14.8. The van der Waals surface area contributed by atoms with Crippen molar-refractivity contribution in [1.82, 2.24) is 19.7 Å². The number of hydrogen-bond donors (Lipinski definition) is 1. The molecule has 5 rings (SSSR count). The van der Waals surface area contributed by atoms with E-state index in [2.05, 4.69) is 11.8 Å². The minimum atomic E-state index is 0.533. The highest BCUT2D eigenvalue weighted by molar-refractivity contribution is 5.99. The first-order valence-corrected chi connectivity index (χ1v) is 10.6. The summed E-state index contributed by atoms with van der Waals surface area (Å²) in [5, 5.41) is 5.53. The van der Waals surface area contributed by atoms with Gasteiger partial charge in [0.25, 0.3) is 0 Å². The molecule has 0 atom stereocenters. The maximum Gasteiger partial charge on any atom is 0.228 e. The highest BCUT2D eigenvalue weighted by atomic mass is 16.5. The third-order valence-electron chi connectivity index (χ3n) is 5.99. The van der Waals surface area contributed by atoms with Crippen LogP contribution in [-0.2, 0) is 0 Å². The summed E-state index contributed by atoms with van der Waals surface area (Å²) in [6.45, 7) is 4.19. The number of hydrogen-bond acceptors (Lipinski definition) is 6. The fourth-order valence-electron chi connectivity index (χ4n) is 4.07. The van der Waals surface area contributed by atoms with Gasteiger partial charge in [0.05, 0.1) is 23.9 Å². The summed E-state index contributed by atoms with van der Waals surface area (Å²) < 4.78 is 7.07. The van der Waals surface area contributed by atoms with E-state index in [1.807, 2.05) is 54.6 Å². The smallest absolute Gasteiger partial charge is 0.228 e. The van der Waals surface area contributed by atoms with E-state index >= 15 is 0 Å². The number of fused-ring (bicyclic) bond motifs is 1. The topological polar surface area (TPSA) is 82.1 Å². The van der Waals surface area contributed by atoms with Crippen molar-refractivity contribution in [1.29, 1.82) is 0 Å². The molecule has 1 fully saturated rings. The Labute approximate surface area is 181 Å². The average molecular weight is 415 g/mol. The number of piperidine rings is 1. The van der Waals surface area contributed by atoms with Crippen molar-refractivity contribution in [2.45, 2.75) is 19.8 Å². The van der Waals surface area contributed by atoms with E-state index in [9.17, 15) is 0 Å². The molecule has 1 saturated heterocycles. The van der Waals surface area contributed by atoms with E-state index in [1.165, 1.54) is 0 Å². The Hall–Kier alpha value is -3.61. The lowest BCUT2D eigenvalue weighted by Crippen LogP contribution is -2.34. The van der Waals surface area contributed by atoms with Gasteiger partial charge in [-0.05, 0) is 55.2 Å². The van der Waals surface area contributed by atoms with Gasteiger partial charge in [-0.15, -0.1) is 5.10 Å². The lowest BCUT2D eigenvalue weighted by atomic mass is 9.99. The molecule has 0 unspecified atom stereocenters. The third-order valence-corrected chi connectivity index (χ3v) is 5.99.